The van der Waals surface area contributed by atoms with E-state index in [1.165, 1.54) is 23.3 Å². The zero-order valence-electron chi connectivity index (χ0n) is 22.3. The number of nitrogens with one attached hydrogen (secondary N) is 1. The largest absolute Gasteiger partial charge is 0.506 e. The van der Waals surface area contributed by atoms with E-state index in [-0.39, 0.29) is 33.0 Å². The van der Waals surface area contributed by atoms with Crippen molar-refractivity contribution in [3.8, 4) is 28.2 Å². The van der Waals surface area contributed by atoms with Gasteiger partial charge in [-0.3, -0.25) is 9.59 Å². The molecule has 0 atom stereocenters. The summed E-state index contributed by atoms with van der Waals surface area (Å²) in [4.78, 5) is 25.4. The number of amides is 1. The maximum absolute atomic E-state index is 13.1. The van der Waals surface area contributed by atoms with Crippen LogP contribution in [0.3, 0.4) is 0 Å². The zero-order chi connectivity index (χ0) is 29.2. The maximum Gasteiger partial charge on any atom is 0.251 e. The summed E-state index contributed by atoms with van der Waals surface area (Å²) in [6.45, 7) is 0.503. The third-order valence-electron chi connectivity index (χ3n) is 7.40. The van der Waals surface area contributed by atoms with Gasteiger partial charge < -0.3 is 14.8 Å². The highest BCUT2D eigenvalue weighted by Crippen LogP contribution is 2.43. The van der Waals surface area contributed by atoms with Crippen LogP contribution in [0.4, 0.5) is 0 Å². The molecule has 0 saturated heterocycles. The number of fused-ring (bicyclic) bond motifs is 2. The summed E-state index contributed by atoms with van der Waals surface area (Å²) in [6.07, 6.45) is 0.749. The van der Waals surface area contributed by atoms with Crippen molar-refractivity contribution in [3.05, 3.63) is 146 Å². The van der Waals surface area contributed by atoms with Gasteiger partial charge in [0.15, 0.2) is 0 Å². The van der Waals surface area contributed by atoms with Crippen LogP contribution in [0.2, 0.25) is 10.0 Å². The lowest BCUT2D eigenvalue weighted by atomic mass is 9.88. The molecule has 1 amide bonds. The number of rotatable bonds is 7. The first-order valence-electron chi connectivity index (χ1n) is 13.5. The highest BCUT2D eigenvalue weighted by Gasteiger charge is 2.21. The van der Waals surface area contributed by atoms with Gasteiger partial charge in [-0.15, -0.1) is 0 Å². The van der Waals surface area contributed by atoms with Gasteiger partial charge in [-0.1, -0.05) is 96.0 Å². The fourth-order valence-corrected chi connectivity index (χ4v) is 5.66. The standard InChI is InChI=1S/C35H25Cl2NO4/c36-28-17-26-32(19-30(28)39)42-33-20-31(40)29(37)18-27(33)34(26)23-11-13-24(14-12-23)35(41)38-16-15-25(21-7-3-1-4-8-21)22-9-5-2-6-10-22/h1-14,17-20,25,39H,15-16H2,(H,38,41). The molecule has 6 rings (SSSR count). The van der Waals surface area contributed by atoms with Gasteiger partial charge in [0.2, 0.25) is 5.43 Å². The normalized spacial score (nSPS) is 11.3. The van der Waals surface area contributed by atoms with Gasteiger partial charge in [0, 0.05) is 46.7 Å². The Bertz CT molecular complexity index is 1880. The van der Waals surface area contributed by atoms with Crippen LogP contribution in [0.5, 0.6) is 5.75 Å². The molecule has 7 heteroatoms. The van der Waals surface area contributed by atoms with E-state index in [0.29, 0.717) is 34.4 Å². The zero-order valence-corrected chi connectivity index (χ0v) is 23.8. The number of hydrogen-bond donors (Lipinski definition) is 2. The number of halogens is 2. The Labute approximate surface area is 252 Å². The molecule has 4 aromatic rings. The van der Waals surface area contributed by atoms with E-state index in [9.17, 15) is 14.7 Å². The molecule has 5 nitrogen and oxygen atoms in total. The number of hydrogen-bond acceptors (Lipinski definition) is 4. The van der Waals surface area contributed by atoms with Crippen LogP contribution in [0.1, 0.15) is 33.8 Å². The molecule has 1 aliphatic carbocycles. The molecular formula is C35H25Cl2NO4. The molecule has 1 aliphatic heterocycles. The summed E-state index contributed by atoms with van der Waals surface area (Å²) in [5.74, 6) is 0.171. The monoisotopic (exact) mass is 593 g/mol. The maximum atomic E-state index is 13.1. The lowest BCUT2D eigenvalue weighted by Crippen LogP contribution is -2.25. The van der Waals surface area contributed by atoms with E-state index in [2.05, 4.69) is 29.6 Å². The second kappa shape index (κ2) is 11.7. The van der Waals surface area contributed by atoms with E-state index in [4.69, 9.17) is 27.6 Å². The number of carbonyl (C=O) groups excluding carboxylic acids is 1. The lowest BCUT2D eigenvalue weighted by Gasteiger charge is -2.18. The van der Waals surface area contributed by atoms with Crippen LogP contribution in [0, 0.1) is 0 Å². The fraction of sp³-hybridized carbons (Fsp3) is 0.0857. The molecule has 0 aromatic heterocycles. The highest BCUT2D eigenvalue weighted by atomic mass is 35.5. The Balaban J connectivity index is 1.27. The molecule has 42 heavy (non-hydrogen) atoms. The Morgan fingerprint density at radius 1 is 0.810 bits per heavy atom. The molecule has 2 N–H and O–H groups in total. The second-order valence-electron chi connectivity index (χ2n) is 10.1. The summed E-state index contributed by atoms with van der Waals surface area (Å²) in [5.41, 5.74) is 5.00. The van der Waals surface area contributed by atoms with Crippen molar-refractivity contribution in [3.63, 3.8) is 0 Å². The summed E-state index contributed by atoms with van der Waals surface area (Å²) in [5, 5.41) is 14.1. The van der Waals surface area contributed by atoms with Crippen molar-refractivity contribution >= 4 is 40.1 Å². The quantitative estimate of drug-likeness (QED) is 0.182. The average Bonchev–Trinajstić information content (AvgIpc) is 3.01. The van der Waals surface area contributed by atoms with E-state index in [1.54, 1.807) is 24.3 Å². The van der Waals surface area contributed by atoms with Crippen LogP contribution < -0.4 is 10.7 Å². The van der Waals surface area contributed by atoms with Crippen molar-refractivity contribution in [1.29, 1.82) is 0 Å². The number of aromatic hydroxyl groups is 1. The predicted octanol–water partition coefficient (Wildman–Crippen LogP) is 8.53. The third-order valence-corrected chi connectivity index (χ3v) is 8.00. The molecule has 0 radical (unpaired) electrons. The first-order valence-corrected chi connectivity index (χ1v) is 14.2. The van der Waals surface area contributed by atoms with Gasteiger partial charge in [-0.25, -0.2) is 0 Å². The fourth-order valence-electron chi connectivity index (χ4n) is 5.33. The molecular weight excluding hydrogens is 569 g/mol. The Morgan fingerprint density at radius 2 is 1.45 bits per heavy atom. The van der Waals surface area contributed by atoms with Crippen molar-refractivity contribution in [2.24, 2.45) is 0 Å². The molecule has 0 spiro atoms. The van der Waals surface area contributed by atoms with Crippen LogP contribution in [-0.4, -0.2) is 17.6 Å². The van der Waals surface area contributed by atoms with Crippen molar-refractivity contribution in [2.75, 3.05) is 6.54 Å². The Hall–Kier alpha value is -4.58. The molecule has 1 heterocycles. The van der Waals surface area contributed by atoms with Crippen LogP contribution in [-0.2, 0) is 0 Å². The summed E-state index contributed by atoms with van der Waals surface area (Å²) < 4.78 is 5.93. The number of phenolic OH excluding ortho intramolecular Hbond substituents is 1. The molecule has 208 valence electrons. The van der Waals surface area contributed by atoms with Gasteiger partial charge >= 0.3 is 0 Å². The molecule has 0 unspecified atom stereocenters. The molecule has 2 aliphatic rings. The van der Waals surface area contributed by atoms with Gasteiger partial charge in [-0.05, 0) is 47.4 Å². The van der Waals surface area contributed by atoms with Gasteiger partial charge in [-0.2, -0.15) is 0 Å². The topological polar surface area (TPSA) is 79.5 Å². The second-order valence-corrected chi connectivity index (χ2v) is 10.9. The minimum Gasteiger partial charge on any atom is -0.506 e. The minimum absolute atomic E-state index is 0.0588. The summed E-state index contributed by atoms with van der Waals surface area (Å²) >= 11 is 12.4. The van der Waals surface area contributed by atoms with E-state index >= 15 is 0 Å². The summed E-state index contributed by atoms with van der Waals surface area (Å²) in [6, 6.07) is 33.7. The number of carbonyl (C=O) groups is 1. The number of benzene rings is 5. The molecule has 4 aromatic carbocycles. The SMILES string of the molecule is O=C(NCCC(c1ccccc1)c1ccccc1)c1ccc(-c2c3cc(Cl)c(=O)cc-3oc3cc(O)c(Cl)cc23)cc1. The van der Waals surface area contributed by atoms with E-state index in [0.717, 1.165) is 17.5 Å². The predicted molar refractivity (Wildman–Crippen MR) is 168 cm³/mol. The number of phenols is 1. The third kappa shape index (κ3) is 5.49. The molecule has 0 fully saturated rings. The van der Waals surface area contributed by atoms with Crippen LogP contribution in [0.25, 0.3) is 33.4 Å². The molecule has 0 bridgehead atoms. The first kappa shape index (κ1) is 27.6. The molecule has 0 saturated carbocycles. The van der Waals surface area contributed by atoms with Crippen LogP contribution >= 0.6 is 23.2 Å². The van der Waals surface area contributed by atoms with Crippen molar-refractivity contribution < 1.29 is 14.3 Å². The van der Waals surface area contributed by atoms with Crippen molar-refractivity contribution in [1.82, 2.24) is 5.32 Å². The van der Waals surface area contributed by atoms with Gasteiger partial charge in [0.1, 0.15) is 17.1 Å². The highest BCUT2D eigenvalue weighted by molar-refractivity contribution is 6.33. The Kier molecular flexibility index (Phi) is 7.70. The first-order chi connectivity index (χ1) is 20.4. The Morgan fingerprint density at radius 3 is 2.10 bits per heavy atom. The van der Waals surface area contributed by atoms with E-state index < -0.39 is 0 Å². The van der Waals surface area contributed by atoms with Gasteiger partial charge in [0.25, 0.3) is 5.91 Å². The lowest BCUT2D eigenvalue weighted by molar-refractivity contribution is 0.0953. The average molecular weight is 594 g/mol. The summed E-state index contributed by atoms with van der Waals surface area (Å²) in [7, 11) is 0. The smallest absolute Gasteiger partial charge is 0.251 e. The van der Waals surface area contributed by atoms with Crippen molar-refractivity contribution in [2.45, 2.75) is 12.3 Å². The van der Waals surface area contributed by atoms with Crippen LogP contribution in [0.15, 0.2) is 118 Å². The van der Waals surface area contributed by atoms with Gasteiger partial charge in [0.05, 0.1) is 10.0 Å². The van der Waals surface area contributed by atoms with E-state index in [1.807, 2.05) is 48.5 Å². The minimum atomic E-state index is -0.370.